The Labute approximate surface area is 124 Å². The Bertz CT molecular complexity index is 653. The van der Waals surface area contributed by atoms with E-state index in [0.29, 0.717) is 17.9 Å². The Morgan fingerprint density at radius 2 is 1.48 bits per heavy atom. The summed E-state index contributed by atoms with van der Waals surface area (Å²) < 4.78 is 0. The molecule has 2 aliphatic rings. The summed E-state index contributed by atoms with van der Waals surface area (Å²) in [5.41, 5.74) is 9.00. The fraction of sp³-hybridized carbons (Fsp3) is 0.278. The molecule has 1 aliphatic heterocycles. The molecule has 106 valence electrons. The predicted octanol–water partition coefficient (Wildman–Crippen LogP) is 2.38. The molecule has 3 nitrogen and oxygen atoms in total. The monoisotopic (exact) mass is 278 g/mol. The van der Waals surface area contributed by atoms with Crippen molar-refractivity contribution < 1.29 is 4.79 Å². The second-order valence-corrected chi connectivity index (χ2v) is 6.06. The quantitative estimate of drug-likeness (QED) is 0.916. The van der Waals surface area contributed by atoms with E-state index < -0.39 is 0 Å². The van der Waals surface area contributed by atoms with E-state index in [1.165, 1.54) is 5.56 Å². The van der Waals surface area contributed by atoms with E-state index in [2.05, 4.69) is 12.1 Å². The van der Waals surface area contributed by atoms with Crippen LogP contribution in [0.5, 0.6) is 0 Å². The molecule has 1 heterocycles. The largest absolute Gasteiger partial charge is 0.338 e. The first-order valence-corrected chi connectivity index (χ1v) is 7.44. The fourth-order valence-electron chi connectivity index (χ4n) is 3.36. The van der Waals surface area contributed by atoms with Crippen LogP contribution < -0.4 is 5.73 Å². The first-order chi connectivity index (χ1) is 10.2. The van der Waals surface area contributed by atoms with Gasteiger partial charge in [-0.05, 0) is 35.1 Å². The summed E-state index contributed by atoms with van der Waals surface area (Å²) in [6.45, 7) is 1.65. The van der Waals surface area contributed by atoms with Gasteiger partial charge in [-0.25, -0.2) is 0 Å². The minimum atomic E-state index is 0.133. The Hall–Kier alpha value is -2.13. The molecule has 3 heteroatoms. The number of amides is 1. The molecule has 2 fully saturated rings. The van der Waals surface area contributed by atoms with Gasteiger partial charge in [-0.15, -0.1) is 0 Å². The standard InChI is InChI=1S/C18H18N2O/c19-17-15-10-20(11-16(15)17)18(21)14-8-6-13(7-9-14)12-4-2-1-3-5-12/h1-9,15-17H,10-11,19H2. The predicted molar refractivity (Wildman–Crippen MR) is 82.7 cm³/mol. The molecule has 2 aromatic carbocycles. The molecule has 2 aromatic rings. The highest BCUT2D eigenvalue weighted by atomic mass is 16.2. The number of carbonyl (C=O) groups is 1. The van der Waals surface area contributed by atoms with Gasteiger partial charge in [0.05, 0.1) is 0 Å². The van der Waals surface area contributed by atoms with Crippen LogP contribution in [0.25, 0.3) is 11.1 Å². The molecule has 0 aromatic heterocycles. The summed E-state index contributed by atoms with van der Waals surface area (Å²) >= 11 is 0. The molecule has 1 saturated carbocycles. The highest BCUT2D eigenvalue weighted by molar-refractivity contribution is 5.95. The molecular formula is C18H18N2O. The van der Waals surface area contributed by atoms with Crippen molar-refractivity contribution in [2.75, 3.05) is 13.1 Å². The second kappa shape index (κ2) is 4.71. The normalized spacial score (nSPS) is 26.5. The minimum Gasteiger partial charge on any atom is -0.338 e. The highest BCUT2D eigenvalue weighted by Crippen LogP contribution is 2.44. The SMILES string of the molecule is NC1C2CN(C(=O)c3ccc(-c4ccccc4)cc3)CC12. The molecule has 0 spiro atoms. The number of rotatable bonds is 2. The van der Waals surface area contributed by atoms with Gasteiger partial charge in [-0.2, -0.15) is 0 Å². The number of nitrogens with zero attached hydrogens (tertiary/aromatic N) is 1. The van der Waals surface area contributed by atoms with Crippen molar-refractivity contribution in [2.24, 2.45) is 17.6 Å². The zero-order valence-corrected chi connectivity index (χ0v) is 11.8. The molecule has 2 N–H and O–H groups in total. The van der Waals surface area contributed by atoms with Gasteiger partial charge in [-0.1, -0.05) is 42.5 Å². The number of piperidine rings is 1. The minimum absolute atomic E-state index is 0.133. The number of hydrogen-bond acceptors (Lipinski definition) is 2. The number of benzene rings is 2. The van der Waals surface area contributed by atoms with E-state index in [1.54, 1.807) is 0 Å². The first-order valence-electron chi connectivity index (χ1n) is 7.44. The molecule has 0 radical (unpaired) electrons. The zero-order valence-electron chi connectivity index (χ0n) is 11.8. The Morgan fingerprint density at radius 3 is 2.10 bits per heavy atom. The van der Waals surface area contributed by atoms with Gasteiger partial charge in [0, 0.05) is 24.7 Å². The van der Waals surface area contributed by atoms with E-state index in [4.69, 9.17) is 5.73 Å². The van der Waals surface area contributed by atoms with Crippen molar-refractivity contribution in [3.8, 4) is 11.1 Å². The van der Waals surface area contributed by atoms with Gasteiger partial charge in [0.15, 0.2) is 0 Å². The van der Waals surface area contributed by atoms with E-state index in [0.717, 1.165) is 24.2 Å². The molecule has 21 heavy (non-hydrogen) atoms. The van der Waals surface area contributed by atoms with Crippen LogP contribution in [-0.2, 0) is 0 Å². The van der Waals surface area contributed by atoms with Crippen LogP contribution in [0.2, 0.25) is 0 Å². The van der Waals surface area contributed by atoms with E-state index >= 15 is 0 Å². The lowest BCUT2D eigenvalue weighted by molar-refractivity contribution is 0.0773. The number of nitrogens with two attached hydrogens (primary N) is 1. The smallest absolute Gasteiger partial charge is 0.253 e. The van der Waals surface area contributed by atoms with Crippen LogP contribution in [0.4, 0.5) is 0 Å². The third-order valence-electron chi connectivity index (χ3n) is 4.79. The fourth-order valence-corrected chi connectivity index (χ4v) is 3.36. The summed E-state index contributed by atoms with van der Waals surface area (Å²) in [6.07, 6.45) is 0. The topological polar surface area (TPSA) is 46.3 Å². The molecule has 1 aliphatic carbocycles. The van der Waals surface area contributed by atoms with Gasteiger partial charge in [0.1, 0.15) is 0 Å². The summed E-state index contributed by atoms with van der Waals surface area (Å²) in [4.78, 5) is 14.4. The van der Waals surface area contributed by atoms with E-state index in [9.17, 15) is 4.79 Å². The van der Waals surface area contributed by atoms with Crippen molar-refractivity contribution in [1.29, 1.82) is 0 Å². The van der Waals surface area contributed by atoms with E-state index in [-0.39, 0.29) is 5.91 Å². The van der Waals surface area contributed by atoms with Crippen molar-refractivity contribution in [3.63, 3.8) is 0 Å². The van der Waals surface area contributed by atoms with Crippen LogP contribution in [-0.4, -0.2) is 29.9 Å². The molecule has 0 bridgehead atoms. The van der Waals surface area contributed by atoms with Crippen molar-refractivity contribution in [3.05, 3.63) is 60.2 Å². The average Bonchev–Trinajstić information content (AvgIpc) is 2.97. The Morgan fingerprint density at radius 1 is 0.905 bits per heavy atom. The van der Waals surface area contributed by atoms with Crippen LogP contribution in [0.1, 0.15) is 10.4 Å². The third-order valence-corrected chi connectivity index (χ3v) is 4.79. The van der Waals surface area contributed by atoms with Crippen LogP contribution in [0.3, 0.4) is 0 Å². The van der Waals surface area contributed by atoms with Gasteiger partial charge in [0.2, 0.25) is 0 Å². The van der Waals surface area contributed by atoms with Gasteiger partial charge in [-0.3, -0.25) is 4.79 Å². The van der Waals surface area contributed by atoms with Crippen LogP contribution in [0.15, 0.2) is 54.6 Å². The summed E-state index contributed by atoms with van der Waals surface area (Å²) in [5, 5.41) is 0. The summed E-state index contributed by atoms with van der Waals surface area (Å²) in [5.74, 6) is 1.21. The Kier molecular flexibility index (Phi) is 2.82. The number of hydrogen-bond donors (Lipinski definition) is 1. The molecule has 1 saturated heterocycles. The van der Waals surface area contributed by atoms with Crippen molar-refractivity contribution in [1.82, 2.24) is 4.90 Å². The molecule has 2 atom stereocenters. The maximum Gasteiger partial charge on any atom is 0.253 e. The van der Waals surface area contributed by atoms with Gasteiger partial charge in [0.25, 0.3) is 5.91 Å². The average molecular weight is 278 g/mol. The second-order valence-electron chi connectivity index (χ2n) is 6.06. The highest BCUT2D eigenvalue weighted by Gasteiger charge is 2.54. The van der Waals surface area contributed by atoms with Crippen LogP contribution in [0, 0.1) is 11.8 Å². The molecule has 1 amide bonds. The van der Waals surface area contributed by atoms with Gasteiger partial charge >= 0.3 is 0 Å². The lowest BCUT2D eigenvalue weighted by Gasteiger charge is -2.19. The molecule has 4 rings (SSSR count). The number of likely N-dealkylation sites (tertiary alicyclic amines) is 1. The van der Waals surface area contributed by atoms with Gasteiger partial charge < -0.3 is 10.6 Å². The van der Waals surface area contributed by atoms with Crippen molar-refractivity contribution >= 4 is 5.91 Å². The summed E-state index contributed by atoms with van der Waals surface area (Å²) in [6, 6.07) is 18.4. The Balaban J connectivity index is 1.50. The number of carbonyl (C=O) groups excluding carboxylic acids is 1. The summed E-state index contributed by atoms with van der Waals surface area (Å²) in [7, 11) is 0. The third kappa shape index (κ3) is 2.14. The lowest BCUT2D eigenvalue weighted by Crippen LogP contribution is -2.33. The van der Waals surface area contributed by atoms with Crippen molar-refractivity contribution in [2.45, 2.75) is 6.04 Å². The lowest BCUT2D eigenvalue weighted by atomic mass is 10.0. The zero-order chi connectivity index (χ0) is 14.4. The maximum atomic E-state index is 12.5. The molecular weight excluding hydrogens is 260 g/mol. The molecule has 2 unspecified atom stereocenters. The van der Waals surface area contributed by atoms with E-state index in [1.807, 2.05) is 47.4 Å². The number of fused-ring (bicyclic) bond motifs is 1. The van der Waals surface area contributed by atoms with Crippen LogP contribution >= 0.6 is 0 Å². The first kappa shape index (κ1) is 12.6. The maximum absolute atomic E-state index is 12.5.